The monoisotopic (exact) mass is 449 g/mol. The van der Waals surface area contributed by atoms with Gasteiger partial charge in [-0.2, -0.15) is 0 Å². The van der Waals surface area contributed by atoms with Gasteiger partial charge >= 0.3 is 6.09 Å². The van der Waals surface area contributed by atoms with Crippen LogP contribution in [0.1, 0.15) is 57.6 Å². The third kappa shape index (κ3) is 10.1. The van der Waals surface area contributed by atoms with Crippen molar-refractivity contribution >= 4 is 11.7 Å². The Kier molecular flexibility index (Phi) is 10.9. The SMILES string of the molecule is C=CC(CCCCCOCc1ccccc1)N(CC(=C)c1ccccc1)C(=O)OC(C)(C)C. The lowest BCUT2D eigenvalue weighted by molar-refractivity contribution is 0.0220. The molecule has 2 rings (SSSR count). The highest BCUT2D eigenvalue weighted by atomic mass is 16.6. The normalized spacial score (nSPS) is 12.1. The number of hydrogen-bond donors (Lipinski definition) is 0. The van der Waals surface area contributed by atoms with E-state index in [9.17, 15) is 4.79 Å². The fourth-order valence-electron chi connectivity index (χ4n) is 3.51. The molecule has 0 aromatic heterocycles. The third-order valence-electron chi connectivity index (χ3n) is 5.24. The molecule has 0 radical (unpaired) electrons. The second kappa shape index (κ2) is 13.6. The van der Waals surface area contributed by atoms with Crippen LogP contribution in [0.3, 0.4) is 0 Å². The topological polar surface area (TPSA) is 38.8 Å². The number of hydrogen-bond acceptors (Lipinski definition) is 3. The van der Waals surface area contributed by atoms with Crippen molar-refractivity contribution in [2.75, 3.05) is 13.2 Å². The summed E-state index contributed by atoms with van der Waals surface area (Å²) in [5.74, 6) is 0. The molecule has 0 heterocycles. The van der Waals surface area contributed by atoms with E-state index in [1.807, 2.05) is 75.4 Å². The molecule has 0 saturated heterocycles. The maximum atomic E-state index is 13.0. The van der Waals surface area contributed by atoms with Crippen molar-refractivity contribution in [2.45, 2.75) is 64.7 Å². The van der Waals surface area contributed by atoms with Crippen molar-refractivity contribution in [1.29, 1.82) is 0 Å². The molecule has 2 aromatic carbocycles. The molecule has 0 bridgehead atoms. The standard InChI is InChI=1S/C29H39NO3/c1-6-27(20-14-9-15-21-32-23-25-16-10-7-11-17-25)30(28(31)33-29(3,4)5)22-24(2)26-18-12-8-13-19-26/h6-8,10-13,16-19,27H,1-2,9,14-15,20-23H2,3-5H3. The van der Waals surface area contributed by atoms with Gasteiger partial charge in [-0.25, -0.2) is 4.79 Å². The first-order chi connectivity index (χ1) is 15.8. The number of carbonyl (C=O) groups excluding carboxylic acids is 1. The van der Waals surface area contributed by atoms with E-state index in [4.69, 9.17) is 9.47 Å². The molecular weight excluding hydrogens is 410 g/mol. The van der Waals surface area contributed by atoms with Crippen molar-refractivity contribution in [3.8, 4) is 0 Å². The molecule has 2 aromatic rings. The summed E-state index contributed by atoms with van der Waals surface area (Å²) < 4.78 is 11.5. The maximum Gasteiger partial charge on any atom is 0.411 e. The van der Waals surface area contributed by atoms with Crippen LogP contribution in [0.5, 0.6) is 0 Å². The smallest absolute Gasteiger partial charge is 0.411 e. The van der Waals surface area contributed by atoms with E-state index in [1.54, 1.807) is 4.90 Å². The van der Waals surface area contributed by atoms with Crippen LogP contribution in [0.25, 0.3) is 5.57 Å². The lowest BCUT2D eigenvalue weighted by Crippen LogP contribution is -2.43. The summed E-state index contributed by atoms with van der Waals surface area (Å²) in [5, 5.41) is 0. The van der Waals surface area contributed by atoms with Gasteiger partial charge in [-0.1, -0.05) is 86.2 Å². The molecule has 0 saturated carbocycles. The fourth-order valence-corrected chi connectivity index (χ4v) is 3.51. The zero-order valence-electron chi connectivity index (χ0n) is 20.5. The zero-order chi connectivity index (χ0) is 24.1. The highest BCUT2D eigenvalue weighted by molar-refractivity contribution is 5.74. The largest absolute Gasteiger partial charge is 0.444 e. The third-order valence-corrected chi connectivity index (χ3v) is 5.24. The summed E-state index contributed by atoms with van der Waals surface area (Å²) in [5.41, 5.74) is 2.52. The Morgan fingerprint density at radius 3 is 2.24 bits per heavy atom. The first-order valence-electron chi connectivity index (χ1n) is 11.8. The summed E-state index contributed by atoms with van der Waals surface area (Å²) in [6.45, 7) is 15.6. The maximum absolute atomic E-state index is 13.0. The first-order valence-corrected chi connectivity index (χ1v) is 11.8. The van der Waals surface area contributed by atoms with Crippen molar-refractivity contribution in [3.05, 3.63) is 91.0 Å². The van der Waals surface area contributed by atoms with Crippen molar-refractivity contribution in [1.82, 2.24) is 4.90 Å². The minimum Gasteiger partial charge on any atom is -0.444 e. The highest BCUT2D eigenvalue weighted by Crippen LogP contribution is 2.21. The van der Waals surface area contributed by atoms with Crippen LogP contribution < -0.4 is 0 Å². The Bertz CT molecular complexity index is 855. The van der Waals surface area contributed by atoms with Crippen LogP contribution in [0.4, 0.5) is 4.79 Å². The van der Waals surface area contributed by atoms with Gasteiger partial charge in [-0.05, 0) is 50.3 Å². The van der Waals surface area contributed by atoms with Crippen LogP contribution in [0, 0.1) is 0 Å². The molecular formula is C29H39NO3. The molecule has 0 aliphatic carbocycles. The predicted molar refractivity (Wildman–Crippen MR) is 137 cm³/mol. The summed E-state index contributed by atoms with van der Waals surface area (Å²) in [6, 6.07) is 20.0. The van der Waals surface area contributed by atoms with Gasteiger partial charge in [-0.3, -0.25) is 4.90 Å². The van der Waals surface area contributed by atoms with E-state index >= 15 is 0 Å². The van der Waals surface area contributed by atoms with Gasteiger partial charge in [0, 0.05) is 13.2 Å². The zero-order valence-corrected chi connectivity index (χ0v) is 20.5. The van der Waals surface area contributed by atoms with E-state index in [0.717, 1.165) is 43.4 Å². The molecule has 0 aliphatic heterocycles. The molecule has 1 atom stereocenters. The summed E-state index contributed by atoms with van der Waals surface area (Å²) in [4.78, 5) is 14.8. The number of carbonyl (C=O) groups is 1. The molecule has 4 nitrogen and oxygen atoms in total. The van der Waals surface area contributed by atoms with Gasteiger partial charge in [0.25, 0.3) is 0 Å². The minimum atomic E-state index is -0.564. The molecule has 33 heavy (non-hydrogen) atoms. The Morgan fingerprint density at radius 1 is 1.00 bits per heavy atom. The lowest BCUT2D eigenvalue weighted by atomic mass is 10.0. The highest BCUT2D eigenvalue weighted by Gasteiger charge is 2.27. The van der Waals surface area contributed by atoms with Crippen LogP contribution in [-0.2, 0) is 16.1 Å². The average molecular weight is 450 g/mol. The van der Waals surface area contributed by atoms with Gasteiger partial charge in [0.1, 0.15) is 5.60 Å². The molecule has 1 unspecified atom stereocenters. The number of rotatable bonds is 13. The number of unbranched alkanes of at least 4 members (excludes halogenated alkanes) is 2. The van der Waals surface area contributed by atoms with Crippen LogP contribution in [0.2, 0.25) is 0 Å². The second-order valence-corrected chi connectivity index (χ2v) is 9.27. The quantitative estimate of drug-likeness (QED) is 0.238. The first kappa shape index (κ1) is 26.4. The lowest BCUT2D eigenvalue weighted by Gasteiger charge is -2.33. The van der Waals surface area contributed by atoms with Gasteiger partial charge in [-0.15, -0.1) is 6.58 Å². The Labute approximate surface area is 199 Å². The number of nitrogens with zero attached hydrogens (tertiary/aromatic N) is 1. The molecule has 0 aliphatic rings. The number of amides is 1. The second-order valence-electron chi connectivity index (χ2n) is 9.27. The summed E-state index contributed by atoms with van der Waals surface area (Å²) in [7, 11) is 0. The predicted octanol–water partition coefficient (Wildman–Crippen LogP) is 7.27. The molecule has 0 spiro atoms. The Morgan fingerprint density at radius 2 is 1.64 bits per heavy atom. The Hall–Kier alpha value is -2.85. The van der Waals surface area contributed by atoms with E-state index in [1.165, 1.54) is 5.56 Å². The van der Waals surface area contributed by atoms with Gasteiger partial charge in [0.15, 0.2) is 0 Å². The Balaban J connectivity index is 1.87. The van der Waals surface area contributed by atoms with E-state index < -0.39 is 5.60 Å². The van der Waals surface area contributed by atoms with E-state index in [-0.39, 0.29) is 12.1 Å². The van der Waals surface area contributed by atoms with Crippen molar-refractivity contribution in [2.24, 2.45) is 0 Å². The van der Waals surface area contributed by atoms with Gasteiger partial charge < -0.3 is 9.47 Å². The summed E-state index contributed by atoms with van der Waals surface area (Å²) in [6.07, 6.45) is 5.32. The van der Waals surface area contributed by atoms with E-state index in [0.29, 0.717) is 13.2 Å². The molecule has 0 N–H and O–H groups in total. The average Bonchev–Trinajstić information content (AvgIpc) is 2.79. The van der Waals surface area contributed by atoms with E-state index in [2.05, 4.69) is 25.3 Å². The number of benzene rings is 2. The van der Waals surface area contributed by atoms with Crippen LogP contribution in [0.15, 0.2) is 79.9 Å². The molecule has 1 amide bonds. The number of ether oxygens (including phenoxy) is 2. The molecule has 0 fully saturated rings. The summed E-state index contributed by atoms with van der Waals surface area (Å²) >= 11 is 0. The van der Waals surface area contributed by atoms with Gasteiger partial charge in [0.05, 0.1) is 12.6 Å². The van der Waals surface area contributed by atoms with Crippen molar-refractivity contribution < 1.29 is 14.3 Å². The van der Waals surface area contributed by atoms with Crippen LogP contribution >= 0.6 is 0 Å². The minimum absolute atomic E-state index is 0.120. The fraction of sp³-hybridized carbons (Fsp3) is 0.414. The molecule has 178 valence electrons. The van der Waals surface area contributed by atoms with Crippen LogP contribution in [-0.4, -0.2) is 35.8 Å². The molecule has 4 heteroatoms. The van der Waals surface area contributed by atoms with Gasteiger partial charge in [0.2, 0.25) is 0 Å². The van der Waals surface area contributed by atoms with Crippen molar-refractivity contribution in [3.63, 3.8) is 0 Å².